The normalized spacial score (nSPS) is 11.3. The van der Waals surface area contributed by atoms with Crippen LogP contribution in [0.3, 0.4) is 0 Å². The van der Waals surface area contributed by atoms with Gasteiger partial charge >= 0.3 is 0 Å². The maximum absolute atomic E-state index is 6.14. The maximum atomic E-state index is 6.14. The summed E-state index contributed by atoms with van der Waals surface area (Å²) in [7, 11) is 0. The van der Waals surface area contributed by atoms with Crippen LogP contribution in [0.2, 0.25) is 0 Å². The highest BCUT2D eigenvalue weighted by Crippen LogP contribution is 2.40. The second-order valence-corrected chi connectivity index (χ2v) is 6.07. The highest BCUT2D eigenvalue weighted by Gasteiger charge is 2.15. The summed E-state index contributed by atoms with van der Waals surface area (Å²) < 4.78 is 7.21. The van der Waals surface area contributed by atoms with E-state index in [9.17, 15) is 0 Å². The number of halogens is 1. The number of aryl methyl sites for hydroxylation is 1. The first-order valence-corrected chi connectivity index (χ1v) is 7.71. The zero-order valence-electron chi connectivity index (χ0n) is 11.6. The monoisotopic (exact) mass is 336 g/mol. The maximum Gasteiger partial charge on any atom is 0.144 e. The Labute approximate surface area is 131 Å². The molecule has 3 aromatic carbocycles. The van der Waals surface area contributed by atoms with E-state index in [1.165, 1.54) is 11.1 Å². The van der Waals surface area contributed by atoms with Crippen LogP contribution in [0, 0.1) is 6.92 Å². The average Bonchev–Trinajstić information content (AvgIpc) is 2.89. The molecule has 0 radical (unpaired) electrons. The van der Waals surface area contributed by atoms with Crippen molar-refractivity contribution in [2.24, 2.45) is 0 Å². The summed E-state index contributed by atoms with van der Waals surface area (Å²) in [5, 5.41) is 2.29. The van der Waals surface area contributed by atoms with Gasteiger partial charge in [-0.1, -0.05) is 58.4 Å². The molecule has 21 heavy (non-hydrogen) atoms. The number of fused-ring (bicyclic) bond motifs is 3. The Morgan fingerprint density at radius 2 is 1.57 bits per heavy atom. The quantitative estimate of drug-likeness (QED) is 0.396. The summed E-state index contributed by atoms with van der Waals surface area (Å²) in [5.74, 6) is 0. The molecule has 4 rings (SSSR count). The van der Waals surface area contributed by atoms with Gasteiger partial charge in [-0.3, -0.25) is 0 Å². The van der Waals surface area contributed by atoms with Crippen LogP contribution in [0.1, 0.15) is 5.56 Å². The van der Waals surface area contributed by atoms with E-state index in [2.05, 4.69) is 65.3 Å². The Balaban J connectivity index is 2.17. The van der Waals surface area contributed by atoms with Gasteiger partial charge < -0.3 is 4.42 Å². The minimum Gasteiger partial charge on any atom is -0.455 e. The van der Waals surface area contributed by atoms with Gasteiger partial charge in [0.15, 0.2) is 0 Å². The van der Waals surface area contributed by atoms with Crippen LogP contribution in [-0.2, 0) is 0 Å². The fourth-order valence-corrected chi connectivity index (χ4v) is 3.40. The third-order valence-electron chi connectivity index (χ3n) is 3.91. The predicted molar refractivity (Wildman–Crippen MR) is 91.6 cm³/mol. The van der Waals surface area contributed by atoms with E-state index in [4.69, 9.17) is 4.42 Å². The standard InChI is InChI=1S/C19H13BrO/c1-12-6-2-3-7-13(12)14-10-11-16(20)18-15-8-4-5-9-17(15)21-19(14)18/h2-11H,1H3. The number of rotatable bonds is 1. The average molecular weight is 337 g/mol. The van der Waals surface area contributed by atoms with Crippen molar-refractivity contribution in [2.75, 3.05) is 0 Å². The molecule has 0 aliphatic carbocycles. The van der Waals surface area contributed by atoms with Gasteiger partial charge in [-0.25, -0.2) is 0 Å². The van der Waals surface area contributed by atoms with E-state index in [-0.39, 0.29) is 0 Å². The van der Waals surface area contributed by atoms with Crippen molar-refractivity contribution in [3.63, 3.8) is 0 Å². The van der Waals surface area contributed by atoms with Crippen molar-refractivity contribution in [1.82, 2.24) is 0 Å². The van der Waals surface area contributed by atoms with Crippen molar-refractivity contribution in [3.8, 4) is 11.1 Å². The number of furan rings is 1. The fraction of sp³-hybridized carbons (Fsp3) is 0.0526. The van der Waals surface area contributed by atoms with Crippen molar-refractivity contribution in [2.45, 2.75) is 6.92 Å². The lowest BCUT2D eigenvalue weighted by Gasteiger charge is -2.07. The Morgan fingerprint density at radius 1 is 0.810 bits per heavy atom. The molecular weight excluding hydrogens is 324 g/mol. The largest absolute Gasteiger partial charge is 0.455 e. The van der Waals surface area contributed by atoms with E-state index < -0.39 is 0 Å². The van der Waals surface area contributed by atoms with Gasteiger partial charge in [0.05, 0.1) is 0 Å². The van der Waals surface area contributed by atoms with Gasteiger partial charge in [-0.15, -0.1) is 0 Å². The Bertz CT molecular complexity index is 966. The van der Waals surface area contributed by atoms with Gasteiger partial charge in [0, 0.05) is 20.8 Å². The molecule has 1 aromatic heterocycles. The fourth-order valence-electron chi connectivity index (χ4n) is 2.87. The van der Waals surface area contributed by atoms with Gasteiger partial charge in [-0.05, 0) is 36.2 Å². The van der Waals surface area contributed by atoms with Gasteiger partial charge in [-0.2, -0.15) is 0 Å². The van der Waals surface area contributed by atoms with Crippen LogP contribution in [0.15, 0.2) is 69.6 Å². The molecule has 0 spiro atoms. The summed E-state index contributed by atoms with van der Waals surface area (Å²) in [5.41, 5.74) is 5.48. The molecule has 0 amide bonds. The first-order chi connectivity index (χ1) is 10.3. The van der Waals surface area contributed by atoms with Crippen molar-refractivity contribution >= 4 is 37.9 Å². The molecule has 0 bridgehead atoms. The lowest BCUT2D eigenvalue weighted by Crippen LogP contribution is -1.83. The third-order valence-corrected chi connectivity index (χ3v) is 4.57. The molecule has 1 nitrogen and oxygen atoms in total. The van der Waals surface area contributed by atoms with E-state index >= 15 is 0 Å². The minimum absolute atomic E-state index is 0.925. The van der Waals surface area contributed by atoms with Crippen LogP contribution in [0.5, 0.6) is 0 Å². The Kier molecular flexibility index (Phi) is 2.86. The minimum atomic E-state index is 0.925. The van der Waals surface area contributed by atoms with Crippen LogP contribution >= 0.6 is 15.9 Å². The van der Waals surface area contributed by atoms with E-state index in [0.29, 0.717) is 0 Å². The van der Waals surface area contributed by atoms with E-state index in [1.54, 1.807) is 0 Å². The van der Waals surface area contributed by atoms with E-state index in [0.717, 1.165) is 32.0 Å². The number of para-hydroxylation sites is 1. The summed E-state index contributed by atoms with van der Waals surface area (Å²) in [6.45, 7) is 2.13. The van der Waals surface area contributed by atoms with Crippen molar-refractivity contribution in [1.29, 1.82) is 0 Å². The molecule has 0 atom stereocenters. The summed E-state index contributed by atoms with van der Waals surface area (Å²) in [4.78, 5) is 0. The molecule has 0 aliphatic heterocycles. The molecule has 0 unspecified atom stereocenters. The molecular formula is C19H13BrO. The molecule has 0 saturated carbocycles. The lowest BCUT2D eigenvalue weighted by atomic mass is 9.98. The number of hydrogen-bond acceptors (Lipinski definition) is 1. The molecule has 1 heterocycles. The first-order valence-electron chi connectivity index (χ1n) is 6.91. The zero-order valence-corrected chi connectivity index (χ0v) is 13.1. The van der Waals surface area contributed by atoms with Gasteiger partial charge in [0.25, 0.3) is 0 Å². The molecule has 2 heteroatoms. The summed E-state index contributed by atoms with van der Waals surface area (Å²) in [6, 6.07) is 20.8. The summed E-state index contributed by atoms with van der Waals surface area (Å²) >= 11 is 3.66. The molecule has 0 aliphatic rings. The predicted octanol–water partition coefficient (Wildman–Crippen LogP) is 6.32. The second-order valence-electron chi connectivity index (χ2n) is 5.21. The van der Waals surface area contributed by atoms with Gasteiger partial charge in [0.1, 0.15) is 11.2 Å². The zero-order chi connectivity index (χ0) is 14.4. The third kappa shape index (κ3) is 1.90. The molecule has 0 fully saturated rings. The number of benzene rings is 3. The highest BCUT2D eigenvalue weighted by atomic mass is 79.9. The second kappa shape index (κ2) is 4.74. The van der Waals surface area contributed by atoms with E-state index in [1.807, 2.05) is 18.2 Å². The SMILES string of the molecule is Cc1ccccc1-c1ccc(Br)c2c1oc1ccccc12. The van der Waals surface area contributed by atoms with Crippen LogP contribution < -0.4 is 0 Å². The molecule has 4 aromatic rings. The molecule has 0 saturated heterocycles. The van der Waals surface area contributed by atoms with Crippen molar-refractivity contribution < 1.29 is 4.42 Å². The van der Waals surface area contributed by atoms with Gasteiger partial charge in [0.2, 0.25) is 0 Å². The molecule has 102 valence electrons. The summed E-state index contributed by atoms with van der Waals surface area (Å²) in [6.07, 6.45) is 0. The Hall–Kier alpha value is -2.06. The first kappa shape index (κ1) is 12.7. The Morgan fingerprint density at radius 3 is 2.43 bits per heavy atom. The van der Waals surface area contributed by atoms with Crippen LogP contribution in [0.4, 0.5) is 0 Å². The van der Waals surface area contributed by atoms with Crippen molar-refractivity contribution in [3.05, 3.63) is 70.7 Å². The topological polar surface area (TPSA) is 13.1 Å². The number of hydrogen-bond donors (Lipinski definition) is 0. The van der Waals surface area contributed by atoms with Crippen LogP contribution in [-0.4, -0.2) is 0 Å². The lowest BCUT2D eigenvalue weighted by molar-refractivity contribution is 0.670. The molecule has 0 N–H and O–H groups in total. The highest BCUT2D eigenvalue weighted by molar-refractivity contribution is 9.10. The smallest absolute Gasteiger partial charge is 0.144 e. The van der Waals surface area contributed by atoms with Crippen LogP contribution in [0.25, 0.3) is 33.1 Å².